The van der Waals surface area contributed by atoms with Crippen LogP contribution in [-0.4, -0.2) is 41.6 Å². The van der Waals surface area contributed by atoms with Crippen molar-refractivity contribution in [3.63, 3.8) is 0 Å². The molecule has 0 aliphatic heterocycles. The third kappa shape index (κ3) is 5.55. The van der Waals surface area contributed by atoms with Gasteiger partial charge in [-0.2, -0.15) is 0 Å². The number of rotatable bonds is 10. The molecule has 0 saturated carbocycles. The van der Waals surface area contributed by atoms with Crippen molar-refractivity contribution in [3.05, 3.63) is 53.6 Å². The molecule has 0 fully saturated rings. The minimum atomic E-state index is -1.47. The standard InChI is InChI=1S/C25H32O5/c1-7-8-15-30-25(4,5)23(27)18-11-9-17(10-12-18)20-16-19(13-14-21(20)29-6)22(26)24(2,3)28/h9-14,16,28H,7-8,15H2,1-6H3. The predicted octanol–water partition coefficient (Wildman–Crippen LogP) is 5.09. The van der Waals surface area contributed by atoms with Gasteiger partial charge in [0.2, 0.25) is 0 Å². The van der Waals surface area contributed by atoms with Gasteiger partial charge in [0, 0.05) is 23.3 Å². The Morgan fingerprint density at radius 2 is 1.53 bits per heavy atom. The van der Waals surface area contributed by atoms with Crippen LogP contribution in [0.2, 0.25) is 0 Å². The van der Waals surface area contributed by atoms with Gasteiger partial charge in [0.1, 0.15) is 17.0 Å². The highest BCUT2D eigenvalue weighted by molar-refractivity contribution is 6.03. The molecule has 0 heterocycles. The lowest BCUT2D eigenvalue weighted by Crippen LogP contribution is -2.35. The fourth-order valence-corrected chi connectivity index (χ4v) is 3.11. The molecule has 0 saturated heterocycles. The Bertz CT molecular complexity index is 889. The molecule has 162 valence electrons. The minimum absolute atomic E-state index is 0.0805. The average Bonchev–Trinajstić information content (AvgIpc) is 2.71. The molecule has 0 spiro atoms. The molecular formula is C25H32O5. The Labute approximate surface area is 179 Å². The Kier molecular flexibility index (Phi) is 7.56. The summed E-state index contributed by atoms with van der Waals surface area (Å²) in [4.78, 5) is 25.3. The van der Waals surface area contributed by atoms with Crippen LogP contribution < -0.4 is 4.74 Å². The maximum Gasteiger partial charge on any atom is 0.194 e. The smallest absolute Gasteiger partial charge is 0.194 e. The molecule has 2 aromatic carbocycles. The number of hydrogen-bond acceptors (Lipinski definition) is 5. The molecule has 0 aliphatic carbocycles. The second kappa shape index (κ2) is 9.54. The molecule has 0 aromatic heterocycles. The summed E-state index contributed by atoms with van der Waals surface area (Å²) < 4.78 is 11.2. The second-order valence-electron chi connectivity index (χ2n) is 8.42. The third-order valence-electron chi connectivity index (χ3n) is 4.98. The van der Waals surface area contributed by atoms with Crippen LogP contribution in [0.15, 0.2) is 42.5 Å². The van der Waals surface area contributed by atoms with Crippen molar-refractivity contribution in [2.75, 3.05) is 13.7 Å². The van der Waals surface area contributed by atoms with Crippen molar-refractivity contribution >= 4 is 11.6 Å². The van der Waals surface area contributed by atoms with E-state index in [4.69, 9.17) is 9.47 Å². The first-order valence-electron chi connectivity index (χ1n) is 10.3. The number of hydrogen-bond donors (Lipinski definition) is 1. The highest BCUT2D eigenvalue weighted by Gasteiger charge is 2.29. The predicted molar refractivity (Wildman–Crippen MR) is 118 cm³/mol. The largest absolute Gasteiger partial charge is 0.496 e. The van der Waals surface area contributed by atoms with Crippen LogP contribution in [0.1, 0.15) is 68.2 Å². The highest BCUT2D eigenvalue weighted by Crippen LogP contribution is 2.32. The van der Waals surface area contributed by atoms with E-state index in [2.05, 4.69) is 6.92 Å². The number of ketones is 2. The van der Waals surface area contributed by atoms with Gasteiger partial charge in [-0.15, -0.1) is 0 Å². The summed E-state index contributed by atoms with van der Waals surface area (Å²) in [6, 6.07) is 12.2. The van der Waals surface area contributed by atoms with E-state index in [0.29, 0.717) is 29.0 Å². The van der Waals surface area contributed by atoms with Crippen LogP contribution in [0, 0.1) is 0 Å². The van der Waals surface area contributed by atoms with Gasteiger partial charge in [-0.3, -0.25) is 9.59 Å². The van der Waals surface area contributed by atoms with E-state index in [-0.39, 0.29) is 11.6 Å². The molecule has 0 amide bonds. The maximum absolute atomic E-state index is 12.9. The Morgan fingerprint density at radius 3 is 2.07 bits per heavy atom. The van der Waals surface area contributed by atoms with Crippen molar-refractivity contribution < 1.29 is 24.2 Å². The van der Waals surface area contributed by atoms with Crippen molar-refractivity contribution in [1.29, 1.82) is 0 Å². The quantitative estimate of drug-likeness (QED) is 0.434. The molecule has 0 aliphatic rings. The molecule has 30 heavy (non-hydrogen) atoms. The van der Waals surface area contributed by atoms with Gasteiger partial charge in [-0.05, 0) is 57.9 Å². The normalized spacial score (nSPS) is 12.0. The first-order valence-corrected chi connectivity index (χ1v) is 10.3. The third-order valence-corrected chi connectivity index (χ3v) is 4.98. The lowest BCUT2D eigenvalue weighted by atomic mass is 9.92. The fourth-order valence-electron chi connectivity index (χ4n) is 3.11. The van der Waals surface area contributed by atoms with Gasteiger partial charge in [-0.25, -0.2) is 0 Å². The molecule has 0 unspecified atom stereocenters. The molecule has 2 aromatic rings. The molecule has 0 radical (unpaired) electrons. The monoisotopic (exact) mass is 412 g/mol. The Hall–Kier alpha value is -2.50. The van der Waals surface area contributed by atoms with Crippen LogP contribution in [0.4, 0.5) is 0 Å². The van der Waals surface area contributed by atoms with Crippen LogP contribution in [-0.2, 0) is 4.74 Å². The summed E-state index contributed by atoms with van der Waals surface area (Å²) in [7, 11) is 1.56. The topological polar surface area (TPSA) is 72.8 Å². The van der Waals surface area contributed by atoms with Gasteiger partial charge in [0.05, 0.1) is 7.11 Å². The number of methoxy groups -OCH3 is 1. The lowest BCUT2D eigenvalue weighted by Gasteiger charge is -2.24. The van der Waals surface area contributed by atoms with Crippen LogP contribution in [0.25, 0.3) is 11.1 Å². The van der Waals surface area contributed by atoms with Crippen LogP contribution in [0.3, 0.4) is 0 Å². The number of unbranched alkanes of at least 4 members (excludes halogenated alkanes) is 1. The number of ether oxygens (including phenoxy) is 2. The van der Waals surface area contributed by atoms with Crippen molar-refractivity contribution in [1.82, 2.24) is 0 Å². The fraction of sp³-hybridized carbons (Fsp3) is 0.440. The van der Waals surface area contributed by atoms with E-state index < -0.39 is 11.2 Å². The van der Waals surface area contributed by atoms with Crippen molar-refractivity contribution in [3.8, 4) is 16.9 Å². The summed E-state index contributed by atoms with van der Waals surface area (Å²) >= 11 is 0. The summed E-state index contributed by atoms with van der Waals surface area (Å²) in [5, 5.41) is 10.0. The van der Waals surface area contributed by atoms with E-state index in [9.17, 15) is 14.7 Å². The van der Waals surface area contributed by atoms with E-state index >= 15 is 0 Å². The molecule has 5 nitrogen and oxygen atoms in total. The minimum Gasteiger partial charge on any atom is -0.496 e. The van der Waals surface area contributed by atoms with Crippen LogP contribution >= 0.6 is 0 Å². The van der Waals surface area contributed by atoms with Crippen molar-refractivity contribution in [2.24, 2.45) is 0 Å². The summed E-state index contributed by atoms with van der Waals surface area (Å²) in [5.41, 5.74) is 0.106. The molecule has 0 bridgehead atoms. The van der Waals surface area contributed by atoms with Crippen LogP contribution in [0.5, 0.6) is 5.75 Å². The van der Waals surface area contributed by atoms with E-state index in [1.165, 1.54) is 13.8 Å². The molecule has 2 rings (SSSR count). The first kappa shape index (κ1) is 23.8. The zero-order chi connectivity index (χ0) is 22.5. The zero-order valence-electron chi connectivity index (χ0n) is 18.7. The van der Waals surface area contributed by atoms with E-state index in [1.807, 2.05) is 12.1 Å². The molecular weight excluding hydrogens is 380 g/mol. The zero-order valence-corrected chi connectivity index (χ0v) is 18.7. The summed E-state index contributed by atoms with van der Waals surface area (Å²) in [6.45, 7) is 9.12. The lowest BCUT2D eigenvalue weighted by molar-refractivity contribution is -0.00545. The van der Waals surface area contributed by atoms with Crippen molar-refractivity contribution in [2.45, 2.75) is 58.7 Å². The average molecular weight is 413 g/mol. The van der Waals surface area contributed by atoms with Gasteiger partial charge in [0.25, 0.3) is 0 Å². The molecule has 5 heteroatoms. The van der Waals surface area contributed by atoms with E-state index in [1.54, 1.807) is 51.3 Å². The molecule has 0 atom stereocenters. The number of carbonyl (C=O) groups excluding carboxylic acids is 2. The SMILES string of the molecule is CCCCOC(C)(C)C(=O)c1ccc(-c2cc(C(=O)C(C)(C)O)ccc2OC)cc1. The van der Waals surface area contributed by atoms with E-state index in [0.717, 1.165) is 18.4 Å². The van der Waals surface area contributed by atoms with Gasteiger partial charge < -0.3 is 14.6 Å². The highest BCUT2D eigenvalue weighted by atomic mass is 16.5. The molecule has 1 N–H and O–H groups in total. The Balaban J connectivity index is 2.33. The first-order chi connectivity index (χ1) is 14.0. The van der Waals surface area contributed by atoms with Gasteiger partial charge in [0.15, 0.2) is 11.6 Å². The maximum atomic E-state index is 12.9. The summed E-state index contributed by atoms with van der Waals surface area (Å²) in [5.74, 6) is 0.150. The van der Waals surface area contributed by atoms with Gasteiger partial charge >= 0.3 is 0 Å². The number of carbonyl (C=O) groups is 2. The number of benzene rings is 2. The summed E-state index contributed by atoms with van der Waals surface area (Å²) in [6.07, 6.45) is 1.92. The number of aliphatic hydroxyl groups is 1. The number of Topliss-reactive ketones (excluding diaryl/α,β-unsaturated/α-hetero) is 2. The van der Waals surface area contributed by atoms with Gasteiger partial charge in [-0.1, -0.05) is 37.6 Å². The Morgan fingerprint density at radius 1 is 0.933 bits per heavy atom. The second-order valence-corrected chi connectivity index (χ2v) is 8.42.